The first-order chi connectivity index (χ1) is 8.58. The van der Waals surface area contributed by atoms with Crippen molar-refractivity contribution in [1.82, 2.24) is 4.90 Å². The largest absolute Gasteiger partial charge is 0.480 e. The highest BCUT2D eigenvalue weighted by molar-refractivity contribution is 5.95. The Kier molecular flexibility index (Phi) is 5.07. The van der Waals surface area contributed by atoms with E-state index >= 15 is 0 Å². The molecule has 0 bridgehead atoms. The number of carbonyl (C=O) groups excluding carboxylic acids is 1. The number of aliphatic carboxylic acids is 1. The molecule has 0 fully saturated rings. The number of benzene rings is 1. The van der Waals surface area contributed by atoms with Crippen molar-refractivity contribution in [3.05, 3.63) is 48.0 Å². The van der Waals surface area contributed by atoms with Crippen LogP contribution in [0, 0.1) is 0 Å². The summed E-state index contributed by atoms with van der Waals surface area (Å²) in [6.07, 6.45) is 1.48. The van der Waals surface area contributed by atoms with E-state index < -0.39 is 5.97 Å². The lowest BCUT2D eigenvalue weighted by Gasteiger charge is -2.18. The number of carboxylic acids is 1. The lowest BCUT2D eigenvalue weighted by atomic mass is 10.1. The monoisotopic (exact) mass is 249 g/mol. The SMILES string of the molecule is C=CCN(CC(=O)O)C(=O)c1ccc(CO)cc1. The molecular weight excluding hydrogens is 234 g/mol. The van der Waals surface area contributed by atoms with Crippen LogP contribution in [0.25, 0.3) is 0 Å². The van der Waals surface area contributed by atoms with E-state index in [-0.39, 0.29) is 25.6 Å². The Morgan fingerprint density at radius 1 is 1.28 bits per heavy atom. The summed E-state index contributed by atoms with van der Waals surface area (Å²) in [5.41, 5.74) is 1.08. The van der Waals surface area contributed by atoms with Gasteiger partial charge in [0.15, 0.2) is 0 Å². The van der Waals surface area contributed by atoms with Crippen LogP contribution >= 0.6 is 0 Å². The van der Waals surface area contributed by atoms with Crippen LogP contribution in [0.5, 0.6) is 0 Å². The number of aliphatic hydroxyl groups is 1. The average molecular weight is 249 g/mol. The highest BCUT2D eigenvalue weighted by Crippen LogP contribution is 2.08. The van der Waals surface area contributed by atoms with Gasteiger partial charge in [0.1, 0.15) is 6.54 Å². The molecule has 0 unspecified atom stereocenters. The molecule has 0 aromatic heterocycles. The predicted octanol–water partition coefficient (Wildman–Crippen LogP) is 0.892. The van der Waals surface area contributed by atoms with Crippen molar-refractivity contribution in [2.75, 3.05) is 13.1 Å². The van der Waals surface area contributed by atoms with Crippen molar-refractivity contribution in [1.29, 1.82) is 0 Å². The molecule has 1 aromatic carbocycles. The van der Waals surface area contributed by atoms with Crippen molar-refractivity contribution in [2.24, 2.45) is 0 Å². The minimum atomic E-state index is -1.07. The van der Waals surface area contributed by atoms with Gasteiger partial charge >= 0.3 is 5.97 Å². The molecule has 0 aliphatic heterocycles. The third-order valence-electron chi connectivity index (χ3n) is 2.35. The zero-order valence-corrected chi connectivity index (χ0v) is 9.87. The van der Waals surface area contributed by atoms with Gasteiger partial charge < -0.3 is 15.1 Å². The number of carboxylic acid groups (broad SMARTS) is 1. The minimum Gasteiger partial charge on any atom is -0.480 e. The predicted molar refractivity (Wildman–Crippen MR) is 66.1 cm³/mol. The smallest absolute Gasteiger partial charge is 0.323 e. The maximum absolute atomic E-state index is 12.0. The van der Waals surface area contributed by atoms with Crippen LogP contribution in [0.2, 0.25) is 0 Å². The van der Waals surface area contributed by atoms with Gasteiger partial charge in [-0.25, -0.2) is 0 Å². The van der Waals surface area contributed by atoms with Gasteiger partial charge in [-0.05, 0) is 17.7 Å². The Morgan fingerprint density at radius 3 is 2.33 bits per heavy atom. The third-order valence-corrected chi connectivity index (χ3v) is 2.35. The molecule has 0 atom stereocenters. The van der Waals surface area contributed by atoms with Gasteiger partial charge in [0.2, 0.25) is 0 Å². The topological polar surface area (TPSA) is 77.8 Å². The molecule has 0 radical (unpaired) electrons. The maximum atomic E-state index is 12.0. The summed E-state index contributed by atoms with van der Waals surface area (Å²) in [7, 11) is 0. The number of aliphatic hydroxyl groups excluding tert-OH is 1. The second-order valence-electron chi connectivity index (χ2n) is 3.72. The Labute approximate surface area is 105 Å². The van der Waals surface area contributed by atoms with Crippen LogP contribution in [0.4, 0.5) is 0 Å². The van der Waals surface area contributed by atoms with Crippen molar-refractivity contribution in [2.45, 2.75) is 6.61 Å². The van der Waals surface area contributed by atoms with E-state index in [1.54, 1.807) is 24.3 Å². The molecular formula is C13H15NO4. The lowest BCUT2D eigenvalue weighted by Crippen LogP contribution is -2.35. The standard InChI is InChI=1S/C13H15NO4/c1-2-7-14(8-12(16)17)13(18)11-5-3-10(9-15)4-6-11/h2-6,15H,1,7-9H2,(H,16,17). The van der Waals surface area contributed by atoms with Crippen LogP contribution < -0.4 is 0 Å². The van der Waals surface area contributed by atoms with Gasteiger partial charge in [-0.15, -0.1) is 6.58 Å². The van der Waals surface area contributed by atoms with E-state index in [0.29, 0.717) is 11.1 Å². The fourth-order valence-electron chi connectivity index (χ4n) is 1.47. The normalized spacial score (nSPS) is 9.83. The van der Waals surface area contributed by atoms with Gasteiger partial charge in [-0.2, -0.15) is 0 Å². The van der Waals surface area contributed by atoms with E-state index in [0.717, 1.165) is 0 Å². The molecule has 5 nitrogen and oxygen atoms in total. The minimum absolute atomic E-state index is 0.0973. The summed E-state index contributed by atoms with van der Waals surface area (Å²) >= 11 is 0. The zero-order valence-electron chi connectivity index (χ0n) is 9.87. The highest BCUT2D eigenvalue weighted by Gasteiger charge is 2.16. The number of amides is 1. The summed E-state index contributed by atoms with van der Waals surface area (Å²) in [5, 5.41) is 17.6. The Hall–Kier alpha value is -2.14. The second kappa shape index (κ2) is 6.56. The number of hydrogen-bond acceptors (Lipinski definition) is 3. The molecule has 5 heteroatoms. The van der Waals surface area contributed by atoms with Gasteiger partial charge in [-0.3, -0.25) is 9.59 Å². The molecule has 1 aromatic rings. The fraction of sp³-hybridized carbons (Fsp3) is 0.231. The molecule has 0 aliphatic carbocycles. The van der Waals surface area contributed by atoms with Crippen LogP contribution in [-0.4, -0.2) is 40.1 Å². The van der Waals surface area contributed by atoms with Crippen LogP contribution in [0.1, 0.15) is 15.9 Å². The number of nitrogens with zero attached hydrogens (tertiary/aromatic N) is 1. The molecule has 0 saturated carbocycles. The van der Waals surface area contributed by atoms with Crippen molar-refractivity contribution in [3.63, 3.8) is 0 Å². The fourth-order valence-corrected chi connectivity index (χ4v) is 1.47. The molecule has 0 aliphatic rings. The second-order valence-corrected chi connectivity index (χ2v) is 3.72. The van der Waals surface area contributed by atoms with E-state index in [4.69, 9.17) is 10.2 Å². The highest BCUT2D eigenvalue weighted by atomic mass is 16.4. The number of carbonyl (C=O) groups is 2. The van der Waals surface area contributed by atoms with E-state index in [1.807, 2.05) is 0 Å². The van der Waals surface area contributed by atoms with Gasteiger partial charge in [0.05, 0.1) is 6.61 Å². The van der Waals surface area contributed by atoms with E-state index in [9.17, 15) is 9.59 Å². The Morgan fingerprint density at radius 2 is 1.89 bits per heavy atom. The Bertz CT molecular complexity index is 439. The summed E-state index contributed by atoms with van der Waals surface area (Å²) in [5.74, 6) is -1.45. The summed E-state index contributed by atoms with van der Waals surface area (Å²) < 4.78 is 0. The molecule has 0 heterocycles. The number of rotatable bonds is 6. The first-order valence-corrected chi connectivity index (χ1v) is 5.40. The molecule has 18 heavy (non-hydrogen) atoms. The lowest BCUT2D eigenvalue weighted by molar-refractivity contribution is -0.137. The molecule has 2 N–H and O–H groups in total. The van der Waals surface area contributed by atoms with Crippen LogP contribution in [0.3, 0.4) is 0 Å². The molecule has 1 rings (SSSR count). The third kappa shape index (κ3) is 3.71. The Balaban J connectivity index is 2.86. The van der Waals surface area contributed by atoms with E-state index in [1.165, 1.54) is 11.0 Å². The van der Waals surface area contributed by atoms with Gasteiger partial charge in [0.25, 0.3) is 5.91 Å². The summed E-state index contributed by atoms with van der Waals surface area (Å²) in [4.78, 5) is 23.9. The van der Waals surface area contributed by atoms with Crippen LogP contribution in [0.15, 0.2) is 36.9 Å². The molecule has 0 spiro atoms. The first-order valence-electron chi connectivity index (χ1n) is 5.40. The first kappa shape index (κ1) is 13.9. The van der Waals surface area contributed by atoms with Crippen molar-refractivity contribution >= 4 is 11.9 Å². The van der Waals surface area contributed by atoms with Gasteiger partial charge in [0, 0.05) is 12.1 Å². The molecule has 1 amide bonds. The molecule has 96 valence electrons. The van der Waals surface area contributed by atoms with Crippen LogP contribution in [-0.2, 0) is 11.4 Å². The zero-order chi connectivity index (χ0) is 13.5. The maximum Gasteiger partial charge on any atom is 0.323 e. The van der Waals surface area contributed by atoms with Crippen molar-refractivity contribution in [3.8, 4) is 0 Å². The molecule has 0 saturated heterocycles. The van der Waals surface area contributed by atoms with E-state index in [2.05, 4.69) is 6.58 Å². The quantitative estimate of drug-likeness (QED) is 0.734. The number of hydrogen-bond donors (Lipinski definition) is 2. The average Bonchev–Trinajstić information content (AvgIpc) is 2.37. The summed E-state index contributed by atoms with van der Waals surface area (Å²) in [6, 6.07) is 6.37. The van der Waals surface area contributed by atoms with Gasteiger partial charge in [-0.1, -0.05) is 18.2 Å². The van der Waals surface area contributed by atoms with Crippen molar-refractivity contribution < 1.29 is 19.8 Å². The summed E-state index contributed by atoms with van der Waals surface area (Å²) in [6.45, 7) is 3.20.